The first-order chi connectivity index (χ1) is 12.2. The quantitative estimate of drug-likeness (QED) is 0.666. The lowest BCUT2D eigenvalue weighted by molar-refractivity contribution is -0.0448. The van der Waals surface area contributed by atoms with Gasteiger partial charge in [-0.1, -0.05) is 23.8 Å². The summed E-state index contributed by atoms with van der Waals surface area (Å²) >= 11 is 0. The SMILES string of the molecule is C=CCO[C@H]1CCCC(OCc2nc(-c3cccc(C)c3)oc2C)C1. The first-order valence-corrected chi connectivity index (χ1v) is 9.03. The second kappa shape index (κ2) is 8.45. The monoisotopic (exact) mass is 341 g/mol. The Morgan fingerprint density at radius 3 is 2.80 bits per heavy atom. The highest BCUT2D eigenvalue weighted by Gasteiger charge is 2.23. The molecule has 1 saturated carbocycles. The maximum atomic E-state index is 6.10. The van der Waals surface area contributed by atoms with Gasteiger partial charge in [-0.25, -0.2) is 4.98 Å². The van der Waals surface area contributed by atoms with Crippen LogP contribution in [0.2, 0.25) is 0 Å². The standard InChI is InChI=1S/C21H27NO3/c1-4-11-23-18-9-6-10-19(13-18)24-14-20-16(3)25-21(22-20)17-8-5-7-15(2)12-17/h4-5,7-8,12,18-19H,1,6,9-11,13-14H2,2-3H3/t18-,19?/m0/s1. The van der Waals surface area contributed by atoms with E-state index in [0.717, 1.165) is 42.7 Å². The number of benzene rings is 1. The number of hydrogen-bond donors (Lipinski definition) is 0. The molecule has 1 aromatic carbocycles. The van der Waals surface area contributed by atoms with E-state index in [1.54, 1.807) is 6.08 Å². The molecule has 0 aliphatic heterocycles. The topological polar surface area (TPSA) is 44.5 Å². The van der Waals surface area contributed by atoms with Crippen molar-refractivity contribution in [2.24, 2.45) is 0 Å². The third-order valence-electron chi connectivity index (χ3n) is 4.64. The van der Waals surface area contributed by atoms with E-state index in [-0.39, 0.29) is 12.2 Å². The molecule has 1 aliphatic rings. The predicted octanol–water partition coefficient (Wildman–Crippen LogP) is 4.99. The minimum Gasteiger partial charge on any atom is -0.441 e. The number of ether oxygens (including phenoxy) is 2. The van der Waals surface area contributed by atoms with Gasteiger partial charge in [-0.3, -0.25) is 0 Å². The Bertz CT molecular complexity index is 707. The Morgan fingerprint density at radius 2 is 2.04 bits per heavy atom. The second-order valence-electron chi connectivity index (χ2n) is 6.74. The second-order valence-corrected chi connectivity index (χ2v) is 6.74. The lowest BCUT2D eigenvalue weighted by Gasteiger charge is -2.28. The number of rotatable bonds is 7. The van der Waals surface area contributed by atoms with Crippen molar-refractivity contribution >= 4 is 0 Å². The van der Waals surface area contributed by atoms with E-state index in [2.05, 4.69) is 30.6 Å². The highest BCUT2D eigenvalue weighted by Crippen LogP contribution is 2.26. The van der Waals surface area contributed by atoms with Gasteiger partial charge in [0.05, 0.1) is 25.4 Å². The van der Waals surface area contributed by atoms with Crippen LogP contribution in [-0.2, 0) is 16.1 Å². The third kappa shape index (κ3) is 4.80. The van der Waals surface area contributed by atoms with E-state index in [0.29, 0.717) is 19.1 Å². The summed E-state index contributed by atoms with van der Waals surface area (Å²) in [5.74, 6) is 1.49. The molecule has 1 aliphatic carbocycles. The molecule has 3 rings (SSSR count). The Hall–Kier alpha value is -1.91. The van der Waals surface area contributed by atoms with E-state index < -0.39 is 0 Å². The molecule has 1 fully saturated rings. The number of hydrogen-bond acceptors (Lipinski definition) is 4. The van der Waals surface area contributed by atoms with Crippen LogP contribution in [0.1, 0.15) is 42.7 Å². The molecule has 1 unspecified atom stereocenters. The van der Waals surface area contributed by atoms with Gasteiger partial charge in [0.2, 0.25) is 5.89 Å². The summed E-state index contributed by atoms with van der Waals surface area (Å²) in [4.78, 5) is 4.64. The van der Waals surface area contributed by atoms with E-state index in [9.17, 15) is 0 Å². The molecule has 2 aromatic rings. The van der Waals surface area contributed by atoms with E-state index in [1.807, 2.05) is 19.1 Å². The van der Waals surface area contributed by atoms with Crippen molar-refractivity contribution in [1.29, 1.82) is 0 Å². The molecule has 134 valence electrons. The molecule has 0 N–H and O–H groups in total. The smallest absolute Gasteiger partial charge is 0.226 e. The molecule has 4 heteroatoms. The Kier molecular flexibility index (Phi) is 6.05. The van der Waals surface area contributed by atoms with Crippen LogP contribution in [0, 0.1) is 13.8 Å². The van der Waals surface area contributed by atoms with Crippen LogP contribution < -0.4 is 0 Å². The first-order valence-electron chi connectivity index (χ1n) is 9.03. The summed E-state index contributed by atoms with van der Waals surface area (Å²) in [5.41, 5.74) is 3.08. The first kappa shape index (κ1) is 17.9. The summed E-state index contributed by atoms with van der Waals surface area (Å²) < 4.78 is 17.7. The average molecular weight is 341 g/mol. The highest BCUT2D eigenvalue weighted by atomic mass is 16.5. The zero-order valence-electron chi connectivity index (χ0n) is 15.2. The lowest BCUT2D eigenvalue weighted by Crippen LogP contribution is -2.28. The minimum atomic E-state index is 0.224. The zero-order chi connectivity index (χ0) is 17.6. The van der Waals surface area contributed by atoms with Crippen molar-refractivity contribution in [1.82, 2.24) is 4.98 Å². The normalized spacial score (nSPS) is 20.6. The predicted molar refractivity (Wildman–Crippen MR) is 98.4 cm³/mol. The van der Waals surface area contributed by atoms with Gasteiger partial charge in [-0.2, -0.15) is 0 Å². The van der Waals surface area contributed by atoms with E-state index in [1.165, 1.54) is 5.56 Å². The Balaban J connectivity index is 1.59. The summed E-state index contributed by atoms with van der Waals surface area (Å²) in [6, 6.07) is 8.19. The number of nitrogens with zero attached hydrogens (tertiary/aromatic N) is 1. The summed E-state index contributed by atoms with van der Waals surface area (Å²) in [7, 11) is 0. The molecule has 0 amide bonds. The van der Waals surface area contributed by atoms with E-state index in [4.69, 9.17) is 13.9 Å². The van der Waals surface area contributed by atoms with Gasteiger partial charge in [0.15, 0.2) is 0 Å². The van der Waals surface area contributed by atoms with Crippen molar-refractivity contribution in [3.63, 3.8) is 0 Å². The van der Waals surface area contributed by atoms with Gasteiger partial charge in [-0.15, -0.1) is 6.58 Å². The summed E-state index contributed by atoms with van der Waals surface area (Å²) in [5, 5.41) is 0. The van der Waals surface area contributed by atoms with Crippen LogP contribution in [0.4, 0.5) is 0 Å². The van der Waals surface area contributed by atoms with Gasteiger partial charge in [0.25, 0.3) is 0 Å². The minimum absolute atomic E-state index is 0.224. The molecule has 4 nitrogen and oxygen atoms in total. The largest absolute Gasteiger partial charge is 0.441 e. The van der Waals surface area contributed by atoms with Gasteiger partial charge in [0, 0.05) is 5.56 Å². The molecule has 0 radical (unpaired) electrons. The fourth-order valence-corrected chi connectivity index (χ4v) is 3.27. The van der Waals surface area contributed by atoms with Crippen LogP contribution in [0.5, 0.6) is 0 Å². The molecular weight excluding hydrogens is 314 g/mol. The summed E-state index contributed by atoms with van der Waals surface area (Å²) in [6.07, 6.45) is 6.56. The molecular formula is C21H27NO3. The lowest BCUT2D eigenvalue weighted by atomic mass is 9.95. The zero-order valence-corrected chi connectivity index (χ0v) is 15.2. The molecule has 0 bridgehead atoms. The van der Waals surface area contributed by atoms with Gasteiger partial charge >= 0.3 is 0 Å². The fraction of sp³-hybridized carbons (Fsp3) is 0.476. The fourth-order valence-electron chi connectivity index (χ4n) is 3.27. The molecule has 25 heavy (non-hydrogen) atoms. The van der Waals surface area contributed by atoms with Crippen molar-refractivity contribution in [2.45, 2.75) is 58.3 Å². The third-order valence-corrected chi connectivity index (χ3v) is 4.64. The maximum Gasteiger partial charge on any atom is 0.226 e. The molecule has 1 aromatic heterocycles. The van der Waals surface area contributed by atoms with E-state index >= 15 is 0 Å². The van der Waals surface area contributed by atoms with Crippen LogP contribution in [0.25, 0.3) is 11.5 Å². The molecule has 2 atom stereocenters. The van der Waals surface area contributed by atoms with Gasteiger partial charge in [-0.05, 0) is 51.7 Å². The van der Waals surface area contributed by atoms with Crippen molar-refractivity contribution in [2.75, 3.05) is 6.61 Å². The van der Waals surface area contributed by atoms with Crippen LogP contribution >= 0.6 is 0 Å². The van der Waals surface area contributed by atoms with Gasteiger partial charge < -0.3 is 13.9 Å². The Labute approximate surface area is 149 Å². The average Bonchev–Trinajstić information content (AvgIpc) is 2.99. The van der Waals surface area contributed by atoms with Gasteiger partial charge in [0.1, 0.15) is 11.5 Å². The Morgan fingerprint density at radius 1 is 1.24 bits per heavy atom. The number of oxazole rings is 1. The summed E-state index contributed by atoms with van der Waals surface area (Å²) in [6.45, 7) is 8.82. The molecule has 0 saturated heterocycles. The number of aryl methyl sites for hydroxylation is 2. The number of aromatic nitrogens is 1. The van der Waals surface area contributed by atoms with Crippen LogP contribution in [-0.4, -0.2) is 23.8 Å². The molecule has 1 heterocycles. The highest BCUT2D eigenvalue weighted by molar-refractivity contribution is 5.54. The maximum absolute atomic E-state index is 6.10. The van der Waals surface area contributed by atoms with Crippen LogP contribution in [0.3, 0.4) is 0 Å². The van der Waals surface area contributed by atoms with Crippen molar-refractivity contribution in [3.05, 3.63) is 53.9 Å². The molecule has 0 spiro atoms. The van der Waals surface area contributed by atoms with Crippen molar-refractivity contribution in [3.8, 4) is 11.5 Å². The van der Waals surface area contributed by atoms with Crippen LogP contribution in [0.15, 0.2) is 41.3 Å². The van der Waals surface area contributed by atoms with Crippen molar-refractivity contribution < 1.29 is 13.9 Å².